The van der Waals surface area contributed by atoms with Gasteiger partial charge in [-0.25, -0.2) is 28.2 Å². The van der Waals surface area contributed by atoms with Crippen molar-refractivity contribution >= 4 is 23.9 Å². The summed E-state index contributed by atoms with van der Waals surface area (Å²) in [5.41, 5.74) is -1.97. The number of carbonyl (C=O) groups is 3. The molecule has 0 spiro atoms. The smallest absolute Gasteiger partial charge is 0.407 e. The minimum absolute atomic E-state index is 0.117. The Morgan fingerprint density at radius 1 is 0.915 bits per heavy atom. The highest BCUT2D eigenvalue weighted by Gasteiger charge is 2.56. The quantitative estimate of drug-likeness (QED) is 0.0688. The first-order valence-corrected chi connectivity index (χ1v) is 22.8. The van der Waals surface area contributed by atoms with Gasteiger partial charge in [-0.05, 0) is 83.1 Å². The molecular formula is C48H55F7N10O6. The number of halogens is 7. The van der Waals surface area contributed by atoms with Gasteiger partial charge in [0.1, 0.15) is 23.8 Å². The molecule has 3 N–H and O–H groups in total. The van der Waals surface area contributed by atoms with E-state index < -0.39 is 84.6 Å². The zero-order chi connectivity index (χ0) is 51.2. The van der Waals surface area contributed by atoms with Crippen LogP contribution in [0.25, 0.3) is 11.3 Å². The molecular weight excluding hydrogens is 946 g/mol. The van der Waals surface area contributed by atoms with Gasteiger partial charge >= 0.3 is 24.8 Å². The van der Waals surface area contributed by atoms with Crippen LogP contribution in [0.4, 0.5) is 41.5 Å². The summed E-state index contributed by atoms with van der Waals surface area (Å²) in [4.78, 5) is 55.2. The van der Waals surface area contributed by atoms with E-state index in [-0.39, 0.29) is 24.2 Å². The molecule has 0 aliphatic carbocycles. The normalized spacial score (nSPS) is 18.6. The number of hydrogen-bond acceptors (Lipinski definition) is 13. The van der Waals surface area contributed by atoms with Crippen LogP contribution in [0.1, 0.15) is 55.5 Å². The first kappa shape index (κ1) is 52.5. The lowest BCUT2D eigenvalue weighted by atomic mass is 9.82. The number of benzene rings is 2. The Morgan fingerprint density at radius 2 is 1.55 bits per heavy atom. The number of amides is 2. The maximum atomic E-state index is 15.5. The van der Waals surface area contributed by atoms with Gasteiger partial charge in [-0.1, -0.05) is 24.0 Å². The second-order valence-electron chi connectivity index (χ2n) is 18.5. The zero-order valence-corrected chi connectivity index (χ0v) is 39.6. The van der Waals surface area contributed by atoms with Gasteiger partial charge < -0.3 is 35.1 Å². The summed E-state index contributed by atoms with van der Waals surface area (Å²) in [5, 5.41) is 11.0. The molecule has 382 valence electrons. The van der Waals surface area contributed by atoms with Gasteiger partial charge in [0.15, 0.2) is 0 Å². The molecule has 3 aliphatic rings. The lowest BCUT2D eigenvalue weighted by Crippen LogP contribution is -2.62. The second-order valence-corrected chi connectivity index (χ2v) is 18.5. The summed E-state index contributed by atoms with van der Waals surface area (Å²) < 4.78 is 117. The van der Waals surface area contributed by atoms with Crippen LogP contribution >= 0.6 is 0 Å². The van der Waals surface area contributed by atoms with Crippen LogP contribution in [0.2, 0.25) is 0 Å². The molecule has 4 aromatic rings. The van der Waals surface area contributed by atoms with Gasteiger partial charge in [0.2, 0.25) is 11.9 Å². The average molecular weight is 1000 g/mol. The van der Waals surface area contributed by atoms with Crippen molar-refractivity contribution in [2.75, 3.05) is 65.5 Å². The molecule has 2 aromatic heterocycles. The number of hydrogen-bond donors (Lipinski definition) is 3. The third kappa shape index (κ3) is 12.8. The van der Waals surface area contributed by atoms with E-state index in [2.05, 4.69) is 52.1 Å². The molecule has 3 aliphatic heterocycles. The van der Waals surface area contributed by atoms with Crippen LogP contribution in [0.3, 0.4) is 0 Å². The monoisotopic (exact) mass is 1000 g/mol. The van der Waals surface area contributed by atoms with Crippen molar-refractivity contribution in [1.29, 1.82) is 0 Å². The maximum Gasteiger partial charge on any atom is 0.407 e. The molecule has 16 nitrogen and oxygen atoms in total. The van der Waals surface area contributed by atoms with Crippen molar-refractivity contribution in [2.24, 2.45) is 5.41 Å². The summed E-state index contributed by atoms with van der Waals surface area (Å²) in [6.45, 7) is 0.448. The predicted molar refractivity (Wildman–Crippen MR) is 244 cm³/mol. The van der Waals surface area contributed by atoms with Crippen molar-refractivity contribution in [3.63, 3.8) is 0 Å². The molecule has 2 amide bonds. The van der Waals surface area contributed by atoms with Crippen molar-refractivity contribution in [3.05, 3.63) is 94.9 Å². The number of ether oxygens (including phenoxy) is 3. The van der Waals surface area contributed by atoms with E-state index in [4.69, 9.17) is 9.47 Å². The predicted octanol–water partition coefficient (Wildman–Crippen LogP) is 5.07. The molecule has 0 saturated carbocycles. The molecule has 7 rings (SSSR count). The fourth-order valence-electron chi connectivity index (χ4n) is 8.81. The van der Waals surface area contributed by atoms with Crippen LogP contribution in [-0.4, -0.2) is 151 Å². The van der Waals surface area contributed by atoms with Gasteiger partial charge in [-0.2, -0.15) is 27.1 Å². The number of likely N-dealkylation sites (N-methyl/N-ethyl adjacent to an activating group) is 1. The van der Waals surface area contributed by atoms with Crippen molar-refractivity contribution in [3.8, 4) is 23.1 Å². The summed E-state index contributed by atoms with van der Waals surface area (Å²) >= 11 is 0. The lowest BCUT2D eigenvalue weighted by Gasteiger charge is -2.47. The van der Waals surface area contributed by atoms with Gasteiger partial charge in [-0.3, -0.25) is 19.4 Å². The fourth-order valence-corrected chi connectivity index (χ4v) is 8.81. The number of alkyl carbamates (subject to hydrolysis) is 1. The Balaban J connectivity index is 1.11. The van der Waals surface area contributed by atoms with Crippen LogP contribution in [0, 0.1) is 28.9 Å². The van der Waals surface area contributed by atoms with Crippen LogP contribution in [0.15, 0.2) is 61.1 Å². The molecule has 5 heterocycles. The van der Waals surface area contributed by atoms with E-state index in [1.54, 1.807) is 50.8 Å². The third-order valence-corrected chi connectivity index (χ3v) is 12.8. The van der Waals surface area contributed by atoms with E-state index in [1.807, 2.05) is 5.32 Å². The first-order valence-electron chi connectivity index (χ1n) is 22.8. The molecule has 3 unspecified atom stereocenters. The van der Waals surface area contributed by atoms with Crippen LogP contribution in [-0.2, 0) is 36.8 Å². The number of nitrogens with one attached hydrogen (secondary N) is 3. The largest absolute Gasteiger partial charge is 0.458 e. The molecule has 71 heavy (non-hydrogen) atoms. The minimum atomic E-state index is -5.02. The average Bonchev–Trinajstić information content (AvgIpc) is 3.89. The SMILES string of the molecule is COC(=O)NC(C(=O)N[C@@H](Cc1ccc(C#Cc2cnc(N3CC4CCC(C3)N4C3COC3)nc2)cc1)[C@H](CNCc1c(F)cc(-c2ccn(C(F)F)n2)cc1F)OC(=O)CN(C)C)C(C)(C)C(F)(F)F. The number of carbonyl (C=O) groups excluding carboxylic acids is 3. The number of rotatable bonds is 18. The second kappa shape index (κ2) is 22.4. The Kier molecular flexibility index (Phi) is 16.5. The van der Waals surface area contributed by atoms with E-state index in [9.17, 15) is 36.3 Å². The highest BCUT2D eigenvalue weighted by molar-refractivity contribution is 5.87. The van der Waals surface area contributed by atoms with E-state index in [0.29, 0.717) is 59.3 Å². The van der Waals surface area contributed by atoms with Crippen molar-refractivity contribution in [1.82, 2.24) is 45.5 Å². The highest BCUT2D eigenvalue weighted by atomic mass is 19.4. The van der Waals surface area contributed by atoms with Gasteiger partial charge in [0, 0.05) is 73.5 Å². The number of nitrogens with zero attached hydrogens (tertiary/aromatic N) is 7. The van der Waals surface area contributed by atoms with Crippen molar-refractivity contribution in [2.45, 2.75) is 88.7 Å². The standard InChI is InChI=1S/C48H55F7N10O6/c1-47(2,48(53,54)55)42(60-46(68)69-5)43(67)59-39(40(71-41(66)25-62(3)4)22-56-21-35-36(49)17-31(18-37(35)50)38-14-15-64(61-38)44(51)52)16-29-9-6-28(7-10-29)8-11-30-19-57-45(58-20-30)63-23-32-12-13-33(24-63)65(32)34-26-70-27-34/h6-7,9-10,14-15,17-20,32-34,39-40,42,44,56H,12-13,16,21-27H2,1-5H3,(H,59,67)(H,60,68)/t32?,33?,39-,40-,42?/m0/s1. The maximum absolute atomic E-state index is 15.5. The highest BCUT2D eigenvalue weighted by Crippen LogP contribution is 2.41. The number of alkyl halides is 5. The summed E-state index contributed by atoms with van der Waals surface area (Å²) in [7, 11) is 4.07. The van der Waals surface area contributed by atoms with E-state index in [1.165, 1.54) is 4.90 Å². The zero-order valence-electron chi connectivity index (χ0n) is 39.6. The minimum Gasteiger partial charge on any atom is -0.458 e. The Labute approximate surface area is 405 Å². The molecule has 3 fully saturated rings. The van der Waals surface area contributed by atoms with Gasteiger partial charge in [0.25, 0.3) is 0 Å². The van der Waals surface area contributed by atoms with E-state index in [0.717, 1.165) is 70.7 Å². The number of fused-ring (bicyclic) bond motifs is 2. The summed E-state index contributed by atoms with van der Waals surface area (Å²) in [5.74, 6) is 2.48. The number of piperazine rings is 1. The van der Waals surface area contributed by atoms with Crippen LogP contribution < -0.4 is 20.9 Å². The van der Waals surface area contributed by atoms with Crippen molar-refractivity contribution < 1.29 is 59.3 Å². The Morgan fingerprint density at radius 3 is 2.10 bits per heavy atom. The molecule has 2 bridgehead atoms. The van der Waals surface area contributed by atoms with Crippen LogP contribution in [0.5, 0.6) is 0 Å². The number of aromatic nitrogens is 4. The molecule has 23 heteroatoms. The lowest BCUT2D eigenvalue weighted by molar-refractivity contribution is -0.220. The number of methoxy groups -OCH3 is 1. The Hall–Kier alpha value is -6.35. The Bertz CT molecular complexity index is 2530. The van der Waals surface area contributed by atoms with Gasteiger partial charge in [-0.15, -0.1) is 0 Å². The third-order valence-electron chi connectivity index (χ3n) is 12.8. The van der Waals surface area contributed by atoms with Gasteiger partial charge in [0.05, 0.1) is 55.6 Å². The summed E-state index contributed by atoms with van der Waals surface area (Å²) in [6.07, 6.45) is -1.43. The number of anilines is 1. The molecule has 3 saturated heterocycles. The first-order chi connectivity index (χ1) is 33.7. The fraction of sp³-hybridized carbons (Fsp3) is 0.500. The number of esters is 1. The molecule has 5 atom stereocenters. The molecule has 2 aromatic carbocycles. The molecule has 0 radical (unpaired) electrons. The topological polar surface area (TPSA) is 168 Å². The summed E-state index contributed by atoms with van der Waals surface area (Å²) in [6, 6.07) is 7.36. The van der Waals surface area contributed by atoms with E-state index >= 15 is 8.78 Å².